The van der Waals surface area contributed by atoms with Gasteiger partial charge < -0.3 is 56.8 Å². The molecule has 2 aromatic carbocycles. The van der Waals surface area contributed by atoms with E-state index in [0.29, 0.717) is 65.3 Å². The summed E-state index contributed by atoms with van der Waals surface area (Å²) in [5, 5.41) is 0. The highest BCUT2D eigenvalue weighted by Gasteiger charge is 2.25. The quantitative estimate of drug-likeness (QED) is 0.221. The van der Waals surface area contributed by atoms with Crippen molar-refractivity contribution in [2.75, 3.05) is 84.1 Å². The molecule has 0 saturated heterocycles. The highest BCUT2D eigenvalue weighted by Crippen LogP contribution is 2.48. The van der Waals surface area contributed by atoms with Crippen molar-refractivity contribution in [1.29, 1.82) is 0 Å². The van der Waals surface area contributed by atoms with Gasteiger partial charge in [-0.15, -0.1) is 0 Å². The molecule has 0 atom stereocenters. The highest BCUT2D eigenvalue weighted by molar-refractivity contribution is 5.63. The number of benzene rings is 2. The third-order valence-corrected chi connectivity index (χ3v) is 5.52. The van der Waals surface area contributed by atoms with E-state index < -0.39 is 0 Å². The van der Waals surface area contributed by atoms with Crippen molar-refractivity contribution in [2.45, 2.75) is 19.3 Å². The van der Waals surface area contributed by atoms with Crippen molar-refractivity contribution in [3.8, 4) is 46.0 Å². The molecule has 0 N–H and O–H groups in total. The maximum absolute atomic E-state index is 5.90. The minimum Gasteiger partial charge on any atom is -0.493 e. The van der Waals surface area contributed by atoms with E-state index >= 15 is 0 Å². The first kappa shape index (κ1) is 31.9. The van der Waals surface area contributed by atoms with E-state index in [-0.39, 0.29) is 27.2 Å². The van der Waals surface area contributed by atoms with Crippen molar-refractivity contribution in [3.05, 3.63) is 23.3 Å². The van der Waals surface area contributed by atoms with Gasteiger partial charge in [-0.3, -0.25) is 0 Å². The van der Waals surface area contributed by atoms with Crippen LogP contribution < -0.4 is 37.9 Å². The average molecular weight is 557 g/mol. The Morgan fingerprint density at radius 1 is 0.410 bits per heavy atom. The molecule has 0 heterocycles. The second-order valence-electron chi connectivity index (χ2n) is 7.89. The summed E-state index contributed by atoms with van der Waals surface area (Å²) >= 11 is 0. The summed E-state index contributed by atoms with van der Waals surface area (Å²) < 4.78 is 66.4. The first-order valence-electron chi connectivity index (χ1n) is 12.1. The van der Waals surface area contributed by atoms with Crippen molar-refractivity contribution in [1.82, 2.24) is 0 Å². The lowest BCUT2D eigenvalue weighted by molar-refractivity contribution is 0.0442. The van der Waals surface area contributed by atoms with Crippen LogP contribution in [0.3, 0.4) is 0 Å². The Balaban J connectivity index is 2.54. The molecule has 0 fully saturated rings. The number of hydrogen-bond acceptors (Lipinski definition) is 12. The van der Waals surface area contributed by atoms with Crippen molar-refractivity contribution < 1.29 is 56.8 Å². The Morgan fingerprint density at radius 2 is 0.769 bits per heavy atom. The number of rotatable bonds is 20. The van der Waals surface area contributed by atoms with Gasteiger partial charge in [-0.05, 0) is 19.3 Å². The van der Waals surface area contributed by atoms with Crippen LogP contribution in [0, 0.1) is 0 Å². The fourth-order valence-electron chi connectivity index (χ4n) is 3.96. The first-order chi connectivity index (χ1) is 19.0. The second kappa shape index (κ2) is 17.3. The molecule has 0 bridgehead atoms. The van der Waals surface area contributed by atoms with Gasteiger partial charge in [-0.2, -0.15) is 0 Å². The smallest absolute Gasteiger partial charge is 0.188 e. The van der Waals surface area contributed by atoms with E-state index in [1.807, 2.05) is 0 Å². The van der Waals surface area contributed by atoms with Gasteiger partial charge in [0.15, 0.2) is 73.2 Å². The lowest BCUT2D eigenvalue weighted by atomic mass is 9.99. The first-order valence-corrected chi connectivity index (χ1v) is 12.1. The van der Waals surface area contributed by atoms with Crippen LogP contribution >= 0.6 is 0 Å². The van der Waals surface area contributed by atoms with Crippen LogP contribution in [0.25, 0.3) is 0 Å². The zero-order valence-corrected chi connectivity index (χ0v) is 24.0. The third kappa shape index (κ3) is 8.33. The molecule has 220 valence electrons. The van der Waals surface area contributed by atoms with Crippen molar-refractivity contribution in [2.24, 2.45) is 0 Å². The Labute approximate surface area is 229 Å². The normalized spacial score (nSPS) is 10.7. The number of hydrogen-bond donors (Lipinski definition) is 0. The van der Waals surface area contributed by atoms with Crippen molar-refractivity contribution >= 4 is 0 Å². The zero-order valence-electron chi connectivity index (χ0n) is 24.0. The van der Waals surface area contributed by atoms with Crippen LogP contribution in [-0.4, -0.2) is 84.1 Å². The molecule has 0 saturated carbocycles. The lowest BCUT2D eigenvalue weighted by Crippen LogP contribution is -2.10. The summed E-state index contributed by atoms with van der Waals surface area (Å²) in [6.07, 6.45) is 1.61. The van der Waals surface area contributed by atoms with E-state index in [1.54, 1.807) is 54.8 Å². The highest BCUT2D eigenvalue weighted by atomic mass is 16.7. The standard InChI is InChI=1S/C27H40O12/c1-28-14-36-22-12-20(32-5)26(38-16-30-3)18(24(22)34-7)10-9-11-19-25(35-8)23(37-15-29-2)13-21(33-6)27(19)39-17-31-4/h12-13H,9-11,14-17H2,1-8H3. The van der Waals surface area contributed by atoms with Crippen LogP contribution in [-0.2, 0) is 31.8 Å². The molecule has 0 aliphatic carbocycles. The van der Waals surface area contributed by atoms with Gasteiger partial charge in [0.1, 0.15) is 0 Å². The van der Waals surface area contributed by atoms with Gasteiger partial charge >= 0.3 is 0 Å². The second-order valence-corrected chi connectivity index (χ2v) is 7.89. The molecule has 0 spiro atoms. The molecule has 2 aromatic rings. The molecule has 39 heavy (non-hydrogen) atoms. The minimum atomic E-state index is 0.0176. The minimum absolute atomic E-state index is 0.0176. The van der Waals surface area contributed by atoms with Crippen LogP contribution in [0.1, 0.15) is 17.5 Å². The molecule has 0 aromatic heterocycles. The predicted octanol–water partition coefficient (Wildman–Crippen LogP) is 3.83. The molecule has 0 aliphatic rings. The van der Waals surface area contributed by atoms with Gasteiger partial charge in [0.25, 0.3) is 0 Å². The van der Waals surface area contributed by atoms with Gasteiger partial charge in [0, 0.05) is 51.7 Å². The maximum Gasteiger partial charge on any atom is 0.188 e. The molecular weight excluding hydrogens is 516 g/mol. The number of methoxy groups -OCH3 is 8. The Morgan fingerprint density at radius 3 is 1.08 bits per heavy atom. The van der Waals surface area contributed by atoms with Crippen LogP contribution in [0.5, 0.6) is 46.0 Å². The van der Waals surface area contributed by atoms with E-state index in [9.17, 15) is 0 Å². The third-order valence-electron chi connectivity index (χ3n) is 5.52. The average Bonchev–Trinajstić information content (AvgIpc) is 2.96. The molecule has 0 unspecified atom stereocenters. The van der Waals surface area contributed by atoms with E-state index in [0.717, 1.165) is 11.1 Å². The van der Waals surface area contributed by atoms with Gasteiger partial charge in [0.05, 0.1) is 28.4 Å². The van der Waals surface area contributed by atoms with Gasteiger partial charge in [-0.1, -0.05) is 0 Å². The summed E-state index contributed by atoms with van der Waals surface area (Å²) in [5.41, 5.74) is 1.47. The largest absolute Gasteiger partial charge is 0.493 e. The molecular formula is C27H40O12. The molecule has 2 rings (SSSR count). The van der Waals surface area contributed by atoms with E-state index in [1.165, 1.54) is 14.2 Å². The van der Waals surface area contributed by atoms with Gasteiger partial charge in [0.2, 0.25) is 0 Å². The molecule has 0 amide bonds. The fourth-order valence-corrected chi connectivity index (χ4v) is 3.96. The lowest BCUT2D eigenvalue weighted by Gasteiger charge is -2.22. The van der Waals surface area contributed by atoms with E-state index in [2.05, 4.69) is 0 Å². The van der Waals surface area contributed by atoms with Crippen LogP contribution in [0.2, 0.25) is 0 Å². The van der Waals surface area contributed by atoms with Crippen LogP contribution in [0.4, 0.5) is 0 Å². The van der Waals surface area contributed by atoms with Gasteiger partial charge in [-0.25, -0.2) is 0 Å². The molecule has 12 heteroatoms. The summed E-state index contributed by atoms with van der Waals surface area (Å²) in [6, 6.07) is 3.38. The Kier molecular flexibility index (Phi) is 14.2. The maximum atomic E-state index is 5.90. The zero-order chi connectivity index (χ0) is 28.6. The van der Waals surface area contributed by atoms with Crippen LogP contribution in [0.15, 0.2) is 12.1 Å². The molecule has 0 radical (unpaired) electrons. The summed E-state index contributed by atoms with van der Waals surface area (Å²) in [6.45, 7) is 0.0960. The molecule has 12 nitrogen and oxygen atoms in total. The summed E-state index contributed by atoms with van der Waals surface area (Å²) in [4.78, 5) is 0. The fraction of sp³-hybridized carbons (Fsp3) is 0.556. The summed E-state index contributed by atoms with van der Waals surface area (Å²) in [5.74, 6) is 3.80. The Bertz CT molecular complexity index is 932. The number of ether oxygens (including phenoxy) is 12. The SMILES string of the molecule is COCOc1cc(OC)c(OCOC)c(CCCc2c(OC)c(OCOC)cc(OC)c2OCOC)c1OC. The molecule has 0 aliphatic heterocycles. The van der Waals surface area contributed by atoms with Crippen molar-refractivity contribution in [3.63, 3.8) is 0 Å². The Hall–Kier alpha value is -3.32. The monoisotopic (exact) mass is 556 g/mol. The topological polar surface area (TPSA) is 111 Å². The summed E-state index contributed by atoms with van der Waals surface area (Å²) in [7, 11) is 12.4. The van der Waals surface area contributed by atoms with E-state index in [4.69, 9.17) is 56.8 Å². The predicted molar refractivity (Wildman–Crippen MR) is 141 cm³/mol.